The van der Waals surface area contributed by atoms with Gasteiger partial charge in [-0.05, 0) is 56.1 Å². The van der Waals surface area contributed by atoms with E-state index in [1.807, 2.05) is 24.3 Å². The molecule has 2 N–H and O–H groups in total. The number of fused-ring (bicyclic) bond motifs is 1. The molecule has 0 aliphatic carbocycles. The smallest absolute Gasteiger partial charge is 0.183 e. The molecule has 138 valence electrons. The number of para-hydroxylation sites is 1. The van der Waals surface area contributed by atoms with Crippen LogP contribution >= 0.6 is 0 Å². The summed E-state index contributed by atoms with van der Waals surface area (Å²) in [5.41, 5.74) is 2.96. The number of unbranched alkanes of at least 4 members (excludes halogenated alkanes) is 1. The molecule has 3 rings (SSSR count). The summed E-state index contributed by atoms with van der Waals surface area (Å²) in [6.45, 7) is 4.08. The van der Waals surface area contributed by atoms with Crippen molar-refractivity contribution >= 4 is 20.7 Å². The summed E-state index contributed by atoms with van der Waals surface area (Å²) in [5, 5.41) is 4.47. The number of hydrogen-bond donors (Lipinski definition) is 2. The normalized spacial score (nSPS) is 11.9. The predicted molar refractivity (Wildman–Crippen MR) is 107 cm³/mol. The third kappa shape index (κ3) is 4.34. The number of benzene rings is 2. The largest absolute Gasteiger partial charge is 0.357 e. The molecule has 1 heterocycles. The Balaban J connectivity index is 1.86. The summed E-state index contributed by atoms with van der Waals surface area (Å²) < 4.78 is 25.6. The van der Waals surface area contributed by atoms with Gasteiger partial charge < -0.3 is 10.3 Å². The number of aromatic nitrogens is 1. The van der Waals surface area contributed by atoms with Crippen molar-refractivity contribution in [2.24, 2.45) is 0 Å². The molecule has 0 bridgehead atoms. The molecule has 0 aliphatic rings. The Kier molecular flexibility index (Phi) is 6.12. The Morgan fingerprint density at radius 2 is 1.69 bits per heavy atom. The van der Waals surface area contributed by atoms with Crippen molar-refractivity contribution in [1.29, 1.82) is 0 Å². The third-order valence-corrected chi connectivity index (χ3v) is 6.28. The van der Waals surface area contributed by atoms with Crippen LogP contribution in [-0.2, 0) is 22.0 Å². The van der Waals surface area contributed by atoms with Gasteiger partial charge in [-0.15, -0.1) is 0 Å². The average molecular weight is 371 g/mol. The number of sulfone groups is 1. The quantitative estimate of drug-likeness (QED) is 0.558. The van der Waals surface area contributed by atoms with Gasteiger partial charge in [0.25, 0.3) is 0 Å². The number of H-pyrrole nitrogens is 1. The lowest BCUT2D eigenvalue weighted by molar-refractivity contribution is 0.594. The molecule has 0 saturated heterocycles. The van der Waals surface area contributed by atoms with E-state index in [0.29, 0.717) is 4.90 Å². The molecular weight excluding hydrogens is 344 g/mol. The fourth-order valence-electron chi connectivity index (χ4n) is 3.29. The van der Waals surface area contributed by atoms with Crippen LogP contribution in [0.5, 0.6) is 0 Å². The lowest BCUT2D eigenvalue weighted by atomic mass is 10.0. The fourth-order valence-corrected chi connectivity index (χ4v) is 4.66. The highest BCUT2D eigenvalue weighted by Gasteiger charge is 2.20. The van der Waals surface area contributed by atoms with Crippen molar-refractivity contribution in [2.45, 2.75) is 36.8 Å². The minimum absolute atomic E-state index is 0.00817. The van der Waals surface area contributed by atoms with Gasteiger partial charge in [0.15, 0.2) is 9.84 Å². The number of aromatic amines is 1. The van der Waals surface area contributed by atoms with Crippen molar-refractivity contribution in [3.8, 4) is 0 Å². The second kappa shape index (κ2) is 8.52. The van der Waals surface area contributed by atoms with Gasteiger partial charge >= 0.3 is 0 Å². The van der Waals surface area contributed by atoms with Gasteiger partial charge in [-0.25, -0.2) is 8.42 Å². The van der Waals surface area contributed by atoms with Crippen LogP contribution in [-0.4, -0.2) is 26.5 Å². The van der Waals surface area contributed by atoms with Crippen LogP contribution in [0, 0.1) is 0 Å². The Bertz CT molecular complexity index is 947. The first-order valence-electron chi connectivity index (χ1n) is 9.19. The predicted octanol–water partition coefficient (Wildman–Crippen LogP) is 4.07. The summed E-state index contributed by atoms with van der Waals surface area (Å²) in [4.78, 5) is 3.72. The van der Waals surface area contributed by atoms with E-state index in [9.17, 15) is 8.42 Å². The van der Waals surface area contributed by atoms with Crippen LogP contribution in [0.3, 0.4) is 0 Å². The van der Waals surface area contributed by atoms with Gasteiger partial charge in [-0.2, -0.15) is 0 Å². The maximum Gasteiger partial charge on any atom is 0.183 e. The number of rotatable bonds is 9. The van der Waals surface area contributed by atoms with Gasteiger partial charge in [-0.3, -0.25) is 0 Å². The highest BCUT2D eigenvalue weighted by atomic mass is 32.2. The van der Waals surface area contributed by atoms with Crippen molar-refractivity contribution in [2.75, 3.05) is 13.1 Å². The Morgan fingerprint density at radius 3 is 2.46 bits per heavy atom. The van der Waals surface area contributed by atoms with Gasteiger partial charge in [0.2, 0.25) is 0 Å². The topological polar surface area (TPSA) is 62.0 Å². The molecule has 0 amide bonds. The van der Waals surface area contributed by atoms with Gasteiger partial charge in [0, 0.05) is 16.6 Å². The van der Waals surface area contributed by atoms with E-state index in [0.717, 1.165) is 54.5 Å². The first-order chi connectivity index (χ1) is 12.6. The average Bonchev–Trinajstić information content (AvgIpc) is 2.99. The van der Waals surface area contributed by atoms with Crippen LogP contribution in [0.25, 0.3) is 10.9 Å². The molecule has 4 nitrogen and oxygen atoms in total. The summed E-state index contributed by atoms with van der Waals surface area (Å²) >= 11 is 0. The van der Waals surface area contributed by atoms with Crippen LogP contribution in [0.1, 0.15) is 31.0 Å². The van der Waals surface area contributed by atoms with Gasteiger partial charge in [0.05, 0.1) is 10.6 Å². The number of aryl methyl sites for hydroxylation is 1. The molecule has 0 aliphatic heterocycles. The van der Waals surface area contributed by atoms with Gasteiger partial charge in [-0.1, -0.05) is 43.3 Å². The molecule has 2 aromatic carbocycles. The summed E-state index contributed by atoms with van der Waals surface area (Å²) in [7, 11) is -3.37. The third-order valence-electron chi connectivity index (χ3n) is 4.62. The van der Waals surface area contributed by atoms with Crippen LogP contribution in [0.15, 0.2) is 59.5 Å². The maximum absolute atomic E-state index is 12.8. The monoisotopic (exact) mass is 370 g/mol. The van der Waals surface area contributed by atoms with Crippen LogP contribution < -0.4 is 5.32 Å². The van der Waals surface area contributed by atoms with E-state index in [-0.39, 0.29) is 5.75 Å². The van der Waals surface area contributed by atoms with E-state index in [2.05, 4.69) is 23.3 Å². The van der Waals surface area contributed by atoms with Crippen LogP contribution in [0.2, 0.25) is 0 Å². The van der Waals surface area contributed by atoms with Crippen molar-refractivity contribution in [3.05, 3.63) is 65.9 Å². The molecule has 0 fully saturated rings. The summed E-state index contributed by atoms with van der Waals surface area (Å²) in [6, 6.07) is 16.7. The first kappa shape index (κ1) is 18.7. The van der Waals surface area contributed by atoms with Crippen molar-refractivity contribution < 1.29 is 8.42 Å². The fraction of sp³-hybridized carbons (Fsp3) is 0.333. The van der Waals surface area contributed by atoms with E-state index in [1.54, 1.807) is 24.3 Å². The molecule has 3 aromatic rings. The molecule has 0 radical (unpaired) electrons. The number of hydrogen-bond acceptors (Lipinski definition) is 3. The standard InChI is InChI=1S/C21H26N2O2S/c1-2-22-15-9-8-13-19-18-12-6-7-14-20(18)23-21(19)16-26(24,25)17-10-4-3-5-11-17/h3-7,10-12,14,22-23H,2,8-9,13,15-16H2,1H3. The molecule has 5 heteroatoms. The Morgan fingerprint density at radius 1 is 0.962 bits per heavy atom. The minimum Gasteiger partial charge on any atom is -0.357 e. The second-order valence-electron chi connectivity index (χ2n) is 6.51. The molecule has 0 atom stereocenters. The Hall–Kier alpha value is -2.11. The molecule has 0 saturated carbocycles. The zero-order valence-corrected chi connectivity index (χ0v) is 16.0. The molecule has 26 heavy (non-hydrogen) atoms. The zero-order chi connectivity index (χ0) is 18.4. The van der Waals surface area contributed by atoms with Crippen molar-refractivity contribution in [1.82, 2.24) is 10.3 Å². The van der Waals surface area contributed by atoms with E-state index < -0.39 is 9.84 Å². The lowest BCUT2D eigenvalue weighted by Crippen LogP contribution is -2.14. The molecule has 0 spiro atoms. The van der Waals surface area contributed by atoms with E-state index in [4.69, 9.17) is 0 Å². The molecular formula is C21H26N2O2S. The number of nitrogens with one attached hydrogen (secondary N) is 2. The summed E-state index contributed by atoms with van der Waals surface area (Å²) in [5.74, 6) is 0.00817. The first-order valence-corrected chi connectivity index (χ1v) is 10.8. The second-order valence-corrected chi connectivity index (χ2v) is 8.50. The zero-order valence-electron chi connectivity index (χ0n) is 15.2. The highest BCUT2D eigenvalue weighted by Crippen LogP contribution is 2.27. The highest BCUT2D eigenvalue weighted by molar-refractivity contribution is 7.90. The van der Waals surface area contributed by atoms with E-state index in [1.165, 1.54) is 0 Å². The van der Waals surface area contributed by atoms with E-state index >= 15 is 0 Å². The Labute approximate surface area is 155 Å². The van der Waals surface area contributed by atoms with Crippen molar-refractivity contribution in [3.63, 3.8) is 0 Å². The molecule has 1 aromatic heterocycles. The minimum atomic E-state index is -3.37. The van der Waals surface area contributed by atoms with Crippen LogP contribution in [0.4, 0.5) is 0 Å². The SMILES string of the molecule is CCNCCCCc1c(CS(=O)(=O)c2ccccc2)[nH]c2ccccc12. The van der Waals surface area contributed by atoms with Gasteiger partial charge in [0.1, 0.15) is 0 Å². The maximum atomic E-state index is 12.8. The lowest BCUT2D eigenvalue weighted by Gasteiger charge is -2.07. The molecule has 0 unspecified atom stereocenters. The summed E-state index contributed by atoms with van der Waals surface area (Å²) in [6.07, 6.45) is 3.00.